The topological polar surface area (TPSA) is 108 Å². The summed E-state index contributed by atoms with van der Waals surface area (Å²) in [6, 6.07) is 13.6. The Balaban J connectivity index is 1.85. The van der Waals surface area contributed by atoms with Crippen molar-refractivity contribution in [2.24, 2.45) is 0 Å². The molecular weight excluding hydrogens is 544 g/mol. The Labute approximate surface area is 244 Å². The van der Waals surface area contributed by atoms with Gasteiger partial charge in [0.05, 0.1) is 19.3 Å². The fourth-order valence-electron chi connectivity index (χ4n) is 4.55. The Hall–Kier alpha value is -4.15. The summed E-state index contributed by atoms with van der Waals surface area (Å²) < 4.78 is 33.1. The minimum atomic E-state index is -1.17. The van der Waals surface area contributed by atoms with Gasteiger partial charge in [0.25, 0.3) is 11.8 Å². The molecule has 0 spiro atoms. The summed E-state index contributed by atoms with van der Waals surface area (Å²) in [6.07, 6.45) is -0.521. The maximum Gasteiger partial charge on any atom is 0.253 e. The molecule has 3 rings (SSSR count). The molecule has 0 aromatic heterocycles. The first kappa shape index (κ1) is 32.4. The molecule has 0 bridgehead atoms. The first-order chi connectivity index (χ1) is 20.0. The third-order valence-corrected chi connectivity index (χ3v) is 6.73. The van der Waals surface area contributed by atoms with Crippen molar-refractivity contribution in [1.29, 1.82) is 0 Å². The highest BCUT2D eigenvalue weighted by molar-refractivity contribution is 6.04. The molecule has 0 aliphatic rings. The maximum atomic E-state index is 13.9. The molecule has 0 heterocycles. The third-order valence-electron chi connectivity index (χ3n) is 6.73. The number of ketones is 1. The van der Waals surface area contributed by atoms with Crippen LogP contribution in [0.3, 0.4) is 0 Å². The summed E-state index contributed by atoms with van der Waals surface area (Å²) >= 11 is 0. The van der Waals surface area contributed by atoms with Crippen molar-refractivity contribution in [2.45, 2.75) is 45.4 Å². The van der Waals surface area contributed by atoms with Crippen LogP contribution < -0.4 is 15.4 Å². The van der Waals surface area contributed by atoms with E-state index in [4.69, 9.17) is 4.74 Å². The number of benzene rings is 3. The number of ether oxygens (including phenoxy) is 1. The second-order valence-corrected chi connectivity index (χ2v) is 10.2. The Kier molecular flexibility index (Phi) is 11.7. The van der Waals surface area contributed by atoms with E-state index in [9.17, 15) is 28.3 Å². The predicted octanol–water partition coefficient (Wildman–Crippen LogP) is 4.15. The number of rotatable bonds is 14. The SMILES string of the molecule is CCCN(C)C(=O)c1cc(C(C)=O)cc(C(=O)N[C@@H](Cc2cc(F)cc(F)c2)[C@H](O)CNCc2cccc(OC)c2)c1. The van der Waals surface area contributed by atoms with Crippen LogP contribution in [0, 0.1) is 11.6 Å². The lowest BCUT2D eigenvalue weighted by Crippen LogP contribution is -2.48. The van der Waals surface area contributed by atoms with Gasteiger partial charge in [0.1, 0.15) is 17.4 Å². The number of hydrogen-bond acceptors (Lipinski definition) is 6. The van der Waals surface area contributed by atoms with Crippen LogP contribution in [0.25, 0.3) is 0 Å². The first-order valence-electron chi connectivity index (χ1n) is 13.7. The van der Waals surface area contributed by atoms with E-state index in [1.165, 1.54) is 30.0 Å². The van der Waals surface area contributed by atoms with Crippen LogP contribution >= 0.6 is 0 Å². The van der Waals surface area contributed by atoms with Crippen LogP contribution in [0.2, 0.25) is 0 Å². The van der Waals surface area contributed by atoms with Crippen LogP contribution in [-0.2, 0) is 13.0 Å². The van der Waals surface area contributed by atoms with E-state index in [0.29, 0.717) is 18.8 Å². The summed E-state index contributed by atoms with van der Waals surface area (Å²) in [7, 11) is 3.20. The van der Waals surface area contributed by atoms with Gasteiger partial charge in [-0.15, -0.1) is 0 Å². The van der Waals surface area contributed by atoms with Gasteiger partial charge in [-0.25, -0.2) is 8.78 Å². The second kappa shape index (κ2) is 15.2. The maximum absolute atomic E-state index is 13.9. The molecule has 2 atom stereocenters. The molecule has 0 saturated heterocycles. The van der Waals surface area contributed by atoms with E-state index in [0.717, 1.165) is 30.2 Å². The van der Waals surface area contributed by atoms with Crippen molar-refractivity contribution in [1.82, 2.24) is 15.5 Å². The summed E-state index contributed by atoms with van der Waals surface area (Å²) in [5.74, 6) is -2.21. The van der Waals surface area contributed by atoms with Crippen LogP contribution in [-0.4, -0.2) is 67.0 Å². The lowest BCUT2D eigenvalue weighted by Gasteiger charge is -2.25. The summed E-state index contributed by atoms with van der Waals surface area (Å²) in [5.41, 5.74) is 1.54. The molecule has 0 saturated carbocycles. The van der Waals surface area contributed by atoms with Crippen molar-refractivity contribution in [3.05, 3.63) is 100 Å². The zero-order valence-corrected chi connectivity index (χ0v) is 24.2. The van der Waals surface area contributed by atoms with Gasteiger partial charge in [-0.3, -0.25) is 14.4 Å². The number of methoxy groups -OCH3 is 1. The Morgan fingerprint density at radius 3 is 2.26 bits per heavy atom. The van der Waals surface area contributed by atoms with Crippen LogP contribution in [0.5, 0.6) is 5.75 Å². The Morgan fingerprint density at radius 1 is 0.952 bits per heavy atom. The van der Waals surface area contributed by atoms with E-state index in [-0.39, 0.29) is 46.9 Å². The highest BCUT2D eigenvalue weighted by atomic mass is 19.1. The number of aliphatic hydroxyl groups excluding tert-OH is 1. The lowest BCUT2D eigenvalue weighted by molar-refractivity contribution is 0.0795. The number of nitrogens with one attached hydrogen (secondary N) is 2. The summed E-state index contributed by atoms with van der Waals surface area (Å²) in [5, 5.41) is 17.0. The van der Waals surface area contributed by atoms with Gasteiger partial charge in [0.2, 0.25) is 0 Å². The standard InChI is InChI=1S/C32H37F2N3O5/c1-5-9-37(3)32(41)25-15-23(20(2)38)14-24(16-25)31(40)36-29(13-22-10-26(33)17-27(34)11-22)30(39)19-35-18-21-7-6-8-28(12-21)42-4/h6-8,10-12,14-17,29-30,35,39H,5,9,13,18-19H2,1-4H3,(H,36,40)/t29-,30+/m0/s1. The third kappa shape index (κ3) is 9.19. The number of nitrogens with zero attached hydrogens (tertiary/aromatic N) is 1. The lowest BCUT2D eigenvalue weighted by atomic mass is 9.98. The minimum Gasteiger partial charge on any atom is -0.497 e. The normalized spacial score (nSPS) is 12.4. The van der Waals surface area contributed by atoms with Crippen molar-refractivity contribution < 1.29 is 33.0 Å². The van der Waals surface area contributed by atoms with Crippen molar-refractivity contribution in [2.75, 3.05) is 27.2 Å². The minimum absolute atomic E-state index is 0.0407. The van der Waals surface area contributed by atoms with Crippen LogP contribution in [0.15, 0.2) is 60.7 Å². The number of Topliss-reactive ketones (excluding diaryl/α,β-unsaturated/α-hetero) is 1. The molecule has 3 aromatic carbocycles. The van der Waals surface area contributed by atoms with E-state index < -0.39 is 29.7 Å². The molecule has 42 heavy (non-hydrogen) atoms. The molecule has 0 unspecified atom stereocenters. The van der Waals surface area contributed by atoms with E-state index in [1.807, 2.05) is 31.2 Å². The molecule has 0 radical (unpaired) electrons. The average Bonchev–Trinajstić information content (AvgIpc) is 2.95. The summed E-state index contributed by atoms with van der Waals surface area (Å²) in [4.78, 5) is 40.1. The molecule has 0 aliphatic carbocycles. The van der Waals surface area contributed by atoms with Gasteiger partial charge in [-0.1, -0.05) is 19.1 Å². The zero-order valence-electron chi connectivity index (χ0n) is 24.2. The number of hydrogen-bond donors (Lipinski definition) is 3. The molecule has 10 heteroatoms. The Morgan fingerprint density at radius 2 is 1.62 bits per heavy atom. The highest BCUT2D eigenvalue weighted by Gasteiger charge is 2.24. The molecule has 3 N–H and O–H groups in total. The molecule has 0 fully saturated rings. The number of amides is 2. The quantitative estimate of drug-likeness (QED) is 0.247. The van der Waals surface area contributed by atoms with E-state index in [2.05, 4.69) is 10.6 Å². The first-order valence-corrected chi connectivity index (χ1v) is 13.7. The summed E-state index contributed by atoms with van der Waals surface area (Å²) in [6.45, 7) is 4.18. The fraction of sp³-hybridized carbons (Fsp3) is 0.344. The van der Waals surface area contributed by atoms with E-state index >= 15 is 0 Å². The van der Waals surface area contributed by atoms with Crippen molar-refractivity contribution in [3.63, 3.8) is 0 Å². The smallest absolute Gasteiger partial charge is 0.253 e. The van der Waals surface area contributed by atoms with Gasteiger partial charge in [-0.2, -0.15) is 0 Å². The molecule has 2 amide bonds. The fourth-order valence-corrected chi connectivity index (χ4v) is 4.55. The highest BCUT2D eigenvalue weighted by Crippen LogP contribution is 2.17. The van der Waals surface area contributed by atoms with Gasteiger partial charge < -0.3 is 25.4 Å². The van der Waals surface area contributed by atoms with Gasteiger partial charge in [0, 0.05) is 49.4 Å². The van der Waals surface area contributed by atoms with Crippen molar-refractivity contribution in [3.8, 4) is 5.75 Å². The monoisotopic (exact) mass is 581 g/mol. The molecule has 8 nitrogen and oxygen atoms in total. The molecule has 3 aromatic rings. The predicted molar refractivity (Wildman–Crippen MR) is 156 cm³/mol. The molecular formula is C32H37F2N3O5. The molecule has 0 aliphatic heterocycles. The average molecular weight is 582 g/mol. The zero-order chi connectivity index (χ0) is 30.8. The van der Waals surface area contributed by atoms with Crippen molar-refractivity contribution >= 4 is 17.6 Å². The number of halogens is 2. The largest absolute Gasteiger partial charge is 0.497 e. The van der Waals surface area contributed by atoms with E-state index in [1.54, 1.807) is 14.2 Å². The van der Waals surface area contributed by atoms with Gasteiger partial charge >= 0.3 is 0 Å². The van der Waals surface area contributed by atoms with Gasteiger partial charge in [0.15, 0.2) is 5.78 Å². The molecule has 224 valence electrons. The number of aliphatic hydroxyl groups is 1. The number of carbonyl (C=O) groups is 3. The van der Waals surface area contributed by atoms with Crippen LogP contribution in [0.4, 0.5) is 8.78 Å². The Bertz CT molecular complexity index is 1390. The van der Waals surface area contributed by atoms with Gasteiger partial charge in [-0.05, 0) is 73.4 Å². The second-order valence-electron chi connectivity index (χ2n) is 10.2. The van der Waals surface area contributed by atoms with Crippen LogP contribution in [0.1, 0.15) is 62.5 Å². The number of carbonyl (C=O) groups excluding carboxylic acids is 3.